The molecular weight excluding hydrogens is 386 g/mol. The van der Waals surface area contributed by atoms with Crippen LogP contribution in [-0.2, 0) is 4.74 Å². The number of hydrogen-bond acceptors (Lipinski definition) is 10. The Morgan fingerprint density at radius 2 is 1.60 bits per heavy atom. The number of hydrogen-bond donors (Lipinski definition) is 1. The second-order valence-corrected chi connectivity index (χ2v) is 7.04. The monoisotopic (exact) mass is 413 g/mol. The maximum absolute atomic E-state index is 5.45. The molecule has 0 aliphatic carbocycles. The Bertz CT molecular complexity index is 881. The second kappa shape index (κ2) is 9.57. The molecule has 1 aromatic heterocycles. The van der Waals surface area contributed by atoms with Crippen LogP contribution >= 0.6 is 0 Å². The van der Waals surface area contributed by atoms with Crippen LogP contribution in [0, 0.1) is 0 Å². The van der Waals surface area contributed by atoms with Crippen LogP contribution in [0.2, 0.25) is 0 Å². The first kappa shape index (κ1) is 20.1. The van der Waals surface area contributed by atoms with E-state index in [-0.39, 0.29) is 0 Å². The number of rotatable bonds is 7. The van der Waals surface area contributed by atoms with Crippen molar-refractivity contribution in [1.29, 1.82) is 0 Å². The van der Waals surface area contributed by atoms with Gasteiger partial charge in [-0.25, -0.2) is 5.43 Å². The van der Waals surface area contributed by atoms with E-state index in [9.17, 15) is 0 Å². The third kappa shape index (κ3) is 4.70. The maximum atomic E-state index is 5.45. The van der Waals surface area contributed by atoms with Crippen LogP contribution in [0.3, 0.4) is 0 Å². The van der Waals surface area contributed by atoms with Crippen LogP contribution < -0.4 is 24.7 Å². The summed E-state index contributed by atoms with van der Waals surface area (Å²) in [6.07, 6.45) is 3.99. The van der Waals surface area contributed by atoms with Gasteiger partial charge < -0.3 is 24.0 Å². The van der Waals surface area contributed by atoms with E-state index < -0.39 is 0 Å². The smallest absolute Gasteiger partial charge is 0.250 e. The minimum Gasteiger partial charge on any atom is -0.493 e. The minimum absolute atomic E-state index is 0.421. The predicted octanol–water partition coefficient (Wildman–Crippen LogP) is 1.77. The van der Waals surface area contributed by atoms with Crippen molar-refractivity contribution in [2.24, 2.45) is 5.10 Å². The van der Waals surface area contributed by atoms with E-state index in [1.807, 2.05) is 18.2 Å². The normalized spacial score (nSPS) is 16.9. The van der Waals surface area contributed by atoms with Gasteiger partial charge in [0.05, 0.1) is 33.6 Å². The van der Waals surface area contributed by atoms with Crippen molar-refractivity contribution < 1.29 is 14.2 Å². The molecule has 0 bridgehead atoms. The first-order valence-corrected chi connectivity index (χ1v) is 10.1. The summed E-state index contributed by atoms with van der Waals surface area (Å²) in [6.45, 7) is 4.79. The Labute approximate surface area is 175 Å². The number of ether oxygens (including phenoxy) is 3. The highest BCUT2D eigenvalue weighted by Gasteiger charge is 2.21. The van der Waals surface area contributed by atoms with E-state index in [0.717, 1.165) is 44.6 Å². The fraction of sp³-hybridized carbons (Fsp3) is 0.500. The van der Waals surface area contributed by atoms with Crippen molar-refractivity contribution in [3.8, 4) is 11.5 Å². The van der Waals surface area contributed by atoms with Gasteiger partial charge in [-0.2, -0.15) is 20.1 Å². The Morgan fingerprint density at radius 3 is 2.27 bits per heavy atom. The molecule has 2 aliphatic rings. The van der Waals surface area contributed by atoms with Crippen LogP contribution in [0.5, 0.6) is 11.5 Å². The lowest BCUT2D eigenvalue weighted by Gasteiger charge is -2.27. The quantitative estimate of drug-likeness (QED) is 0.538. The predicted molar refractivity (Wildman–Crippen MR) is 115 cm³/mol. The number of benzene rings is 1. The van der Waals surface area contributed by atoms with Gasteiger partial charge >= 0.3 is 0 Å². The Morgan fingerprint density at radius 1 is 0.933 bits per heavy atom. The van der Waals surface area contributed by atoms with Gasteiger partial charge in [-0.05, 0) is 36.6 Å². The van der Waals surface area contributed by atoms with Crippen molar-refractivity contribution in [3.05, 3.63) is 23.8 Å². The van der Waals surface area contributed by atoms with Crippen molar-refractivity contribution in [1.82, 2.24) is 15.0 Å². The zero-order chi connectivity index (χ0) is 20.8. The number of aromatic nitrogens is 3. The lowest BCUT2D eigenvalue weighted by Crippen LogP contribution is -2.38. The molecule has 30 heavy (non-hydrogen) atoms. The summed E-state index contributed by atoms with van der Waals surface area (Å²) in [5, 5.41) is 4.31. The highest BCUT2D eigenvalue weighted by molar-refractivity contribution is 5.81. The van der Waals surface area contributed by atoms with Crippen LogP contribution in [0.4, 0.5) is 17.8 Å². The van der Waals surface area contributed by atoms with Crippen LogP contribution in [0.1, 0.15) is 18.4 Å². The largest absolute Gasteiger partial charge is 0.493 e. The van der Waals surface area contributed by atoms with Crippen LogP contribution in [-0.4, -0.2) is 74.8 Å². The van der Waals surface area contributed by atoms with Gasteiger partial charge in [0.25, 0.3) is 0 Å². The average Bonchev–Trinajstić information content (AvgIpc) is 3.34. The molecule has 2 aliphatic heterocycles. The van der Waals surface area contributed by atoms with E-state index in [1.54, 1.807) is 20.4 Å². The molecule has 0 spiro atoms. The zero-order valence-electron chi connectivity index (χ0n) is 17.4. The molecule has 4 rings (SSSR count). The topological polar surface area (TPSA) is 97.2 Å². The fourth-order valence-corrected chi connectivity index (χ4v) is 3.46. The van der Waals surface area contributed by atoms with E-state index >= 15 is 0 Å². The number of hydrazone groups is 1. The second-order valence-electron chi connectivity index (χ2n) is 7.04. The molecule has 3 heterocycles. The molecule has 0 radical (unpaired) electrons. The molecule has 10 heteroatoms. The molecule has 2 saturated heterocycles. The summed E-state index contributed by atoms with van der Waals surface area (Å²) in [5.74, 6) is 3.08. The van der Waals surface area contributed by atoms with E-state index in [1.165, 1.54) is 0 Å². The third-order valence-corrected chi connectivity index (χ3v) is 5.08. The van der Waals surface area contributed by atoms with Gasteiger partial charge in [0.2, 0.25) is 17.8 Å². The van der Waals surface area contributed by atoms with E-state index in [2.05, 4.69) is 30.3 Å². The number of morpholine rings is 1. The average molecular weight is 413 g/mol. The molecule has 0 amide bonds. The zero-order valence-corrected chi connectivity index (χ0v) is 17.4. The molecule has 1 N–H and O–H groups in total. The summed E-state index contributed by atoms with van der Waals surface area (Å²) < 4.78 is 16.1. The number of anilines is 3. The van der Waals surface area contributed by atoms with E-state index in [0.29, 0.717) is 42.6 Å². The first-order chi connectivity index (χ1) is 14.8. The van der Waals surface area contributed by atoms with Gasteiger partial charge in [-0.15, -0.1) is 0 Å². The molecule has 0 unspecified atom stereocenters. The lowest BCUT2D eigenvalue weighted by atomic mass is 10.2. The maximum Gasteiger partial charge on any atom is 0.250 e. The number of nitrogens with one attached hydrogen (secondary N) is 1. The molecule has 1 aromatic carbocycles. The number of methoxy groups -OCH3 is 2. The first-order valence-electron chi connectivity index (χ1n) is 10.1. The SMILES string of the molecule is COc1ccc(/C=N/Nc2nc(N3CCCC3)nc(N3CCOCC3)n2)cc1OC. The van der Waals surface area contributed by atoms with Crippen molar-refractivity contribution >= 4 is 24.1 Å². The summed E-state index contributed by atoms with van der Waals surface area (Å²) in [4.78, 5) is 18.2. The molecule has 160 valence electrons. The summed E-state index contributed by atoms with van der Waals surface area (Å²) in [7, 11) is 3.22. The summed E-state index contributed by atoms with van der Waals surface area (Å²) >= 11 is 0. The Balaban J connectivity index is 1.53. The Hall–Kier alpha value is -3.14. The molecule has 2 fully saturated rings. The van der Waals surface area contributed by atoms with Gasteiger partial charge in [0, 0.05) is 26.2 Å². The standard InChI is InChI=1S/C20H27N7O3/c1-28-16-6-5-15(13-17(16)29-2)14-21-25-18-22-19(26-7-3-4-8-26)24-20(23-18)27-9-11-30-12-10-27/h5-6,13-14H,3-4,7-12H2,1-2H3,(H,22,23,24,25)/b21-14+. The summed E-state index contributed by atoms with van der Waals surface area (Å²) in [5.41, 5.74) is 3.82. The van der Waals surface area contributed by atoms with E-state index in [4.69, 9.17) is 19.2 Å². The van der Waals surface area contributed by atoms with Crippen molar-refractivity contribution in [2.75, 3.05) is 68.8 Å². The minimum atomic E-state index is 0.421. The van der Waals surface area contributed by atoms with Crippen molar-refractivity contribution in [2.45, 2.75) is 12.8 Å². The van der Waals surface area contributed by atoms with Gasteiger partial charge in [0.15, 0.2) is 11.5 Å². The highest BCUT2D eigenvalue weighted by atomic mass is 16.5. The van der Waals surface area contributed by atoms with Gasteiger partial charge in [-0.1, -0.05) is 0 Å². The lowest BCUT2D eigenvalue weighted by molar-refractivity contribution is 0.122. The molecule has 2 aromatic rings. The fourth-order valence-electron chi connectivity index (χ4n) is 3.46. The third-order valence-electron chi connectivity index (χ3n) is 5.08. The molecule has 10 nitrogen and oxygen atoms in total. The molecular formula is C20H27N7O3. The molecule has 0 atom stereocenters. The van der Waals surface area contributed by atoms with Crippen molar-refractivity contribution in [3.63, 3.8) is 0 Å². The number of nitrogens with zero attached hydrogens (tertiary/aromatic N) is 6. The molecule has 0 saturated carbocycles. The van der Waals surface area contributed by atoms with Gasteiger partial charge in [-0.3, -0.25) is 0 Å². The Kier molecular flexibility index (Phi) is 6.43. The van der Waals surface area contributed by atoms with Crippen LogP contribution in [0.25, 0.3) is 0 Å². The summed E-state index contributed by atoms with van der Waals surface area (Å²) in [6, 6.07) is 5.59. The highest BCUT2D eigenvalue weighted by Crippen LogP contribution is 2.27. The van der Waals surface area contributed by atoms with Gasteiger partial charge in [0.1, 0.15) is 0 Å². The van der Waals surface area contributed by atoms with Crippen LogP contribution in [0.15, 0.2) is 23.3 Å².